The quantitative estimate of drug-likeness (QED) is 0.208. The number of esters is 2. The first kappa shape index (κ1) is 24.4. The molecule has 0 bridgehead atoms. The van der Waals surface area contributed by atoms with Crippen LogP contribution >= 0.6 is 11.6 Å². The largest absolute Gasteiger partial charge is 0.439 e. The number of hydrogen-bond acceptors (Lipinski definition) is 8. The molecule has 0 radical (unpaired) electrons. The van der Waals surface area contributed by atoms with Gasteiger partial charge >= 0.3 is 24.1 Å². The van der Waals surface area contributed by atoms with Crippen molar-refractivity contribution in [3.8, 4) is 0 Å². The molecule has 0 aliphatic rings. The van der Waals surface area contributed by atoms with Gasteiger partial charge in [0.15, 0.2) is 0 Å². The number of nitrogens with one attached hydrogen (secondary N) is 1. The Morgan fingerprint density at radius 2 is 1.19 bits per heavy atom. The molecular weight excluding hydrogens is 444 g/mol. The van der Waals surface area contributed by atoms with Crippen molar-refractivity contribution in [1.29, 1.82) is 0 Å². The predicted octanol–water partition coefficient (Wildman–Crippen LogP) is 2.93. The Morgan fingerprint density at radius 3 is 1.69 bits per heavy atom. The van der Waals surface area contributed by atoms with E-state index in [9.17, 15) is 19.2 Å². The van der Waals surface area contributed by atoms with Gasteiger partial charge in [-0.3, -0.25) is 14.9 Å². The smallest absolute Gasteiger partial charge is 0.428 e. The molecule has 2 aromatic carbocycles. The maximum Gasteiger partial charge on any atom is 0.439 e. The lowest BCUT2D eigenvalue weighted by atomic mass is 10.2. The molecule has 2 aromatic rings. The van der Waals surface area contributed by atoms with E-state index in [1.54, 1.807) is 54.6 Å². The van der Waals surface area contributed by atoms with Crippen LogP contribution < -0.4 is 5.32 Å². The molecule has 1 N–H and O–H groups in total. The Bertz CT molecular complexity index is 951. The van der Waals surface area contributed by atoms with Gasteiger partial charge in [0.25, 0.3) is 0 Å². The van der Waals surface area contributed by atoms with E-state index >= 15 is 0 Å². The Kier molecular flexibility index (Phi) is 10.2. The highest BCUT2D eigenvalue weighted by molar-refractivity contribution is 6.66. The van der Waals surface area contributed by atoms with Crippen LogP contribution in [0, 0.1) is 0 Å². The summed E-state index contributed by atoms with van der Waals surface area (Å²) in [5.74, 6) is -1.21. The molecule has 168 valence electrons. The molecule has 0 saturated carbocycles. The summed E-state index contributed by atoms with van der Waals surface area (Å²) in [5, 5.41) is 1.26. The second-order valence-electron chi connectivity index (χ2n) is 5.96. The SMILES string of the molecule is O=C(Cc1ccccc1)OCOC(=O)/N=C(\Cl)NC(=O)OCOC(=O)Cc1ccccc1. The lowest BCUT2D eigenvalue weighted by molar-refractivity contribution is -0.152. The zero-order chi connectivity index (χ0) is 23.2. The zero-order valence-electron chi connectivity index (χ0n) is 16.7. The fourth-order valence-corrected chi connectivity index (χ4v) is 2.33. The third-order valence-corrected chi connectivity index (χ3v) is 3.77. The van der Waals surface area contributed by atoms with Crippen molar-refractivity contribution < 1.29 is 38.1 Å². The van der Waals surface area contributed by atoms with Crippen LogP contribution in [0.25, 0.3) is 0 Å². The predicted molar refractivity (Wildman–Crippen MR) is 112 cm³/mol. The van der Waals surface area contributed by atoms with Gasteiger partial charge in [0, 0.05) is 0 Å². The van der Waals surface area contributed by atoms with Crippen molar-refractivity contribution in [2.45, 2.75) is 12.8 Å². The summed E-state index contributed by atoms with van der Waals surface area (Å²) < 4.78 is 18.6. The maximum atomic E-state index is 11.6. The van der Waals surface area contributed by atoms with Gasteiger partial charge in [0.2, 0.25) is 18.9 Å². The lowest BCUT2D eigenvalue weighted by Gasteiger charge is -2.07. The van der Waals surface area contributed by atoms with Crippen molar-refractivity contribution in [2.75, 3.05) is 13.6 Å². The van der Waals surface area contributed by atoms with E-state index in [0.29, 0.717) is 0 Å². The number of rotatable bonds is 8. The summed E-state index contributed by atoms with van der Waals surface area (Å²) in [6.45, 7) is -1.34. The number of ether oxygens (including phenoxy) is 4. The summed E-state index contributed by atoms with van der Waals surface area (Å²) in [6.07, 6.45) is -2.31. The highest BCUT2D eigenvalue weighted by Crippen LogP contribution is 2.02. The van der Waals surface area contributed by atoms with Gasteiger partial charge in [-0.15, -0.1) is 4.99 Å². The van der Waals surface area contributed by atoms with Crippen molar-refractivity contribution in [3.05, 3.63) is 71.8 Å². The molecule has 0 heterocycles. The van der Waals surface area contributed by atoms with E-state index in [1.807, 2.05) is 11.4 Å². The minimum atomic E-state index is -1.21. The van der Waals surface area contributed by atoms with Gasteiger partial charge in [-0.2, -0.15) is 0 Å². The molecule has 2 rings (SSSR count). The molecular formula is C21H19ClN2O8. The van der Waals surface area contributed by atoms with E-state index in [4.69, 9.17) is 21.1 Å². The molecule has 0 spiro atoms. The number of carbonyl (C=O) groups excluding carboxylic acids is 4. The molecule has 0 aliphatic carbocycles. The molecule has 0 aliphatic heterocycles. The van der Waals surface area contributed by atoms with Crippen LogP contribution in [0.4, 0.5) is 9.59 Å². The van der Waals surface area contributed by atoms with Crippen LogP contribution in [0.1, 0.15) is 11.1 Å². The molecule has 10 nitrogen and oxygen atoms in total. The fraction of sp³-hybridized carbons (Fsp3) is 0.190. The topological polar surface area (TPSA) is 130 Å². The first-order valence-electron chi connectivity index (χ1n) is 9.16. The van der Waals surface area contributed by atoms with Crippen LogP contribution in [0.5, 0.6) is 0 Å². The van der Waals surface area contributed by atoms with Crippen molar-refractivity contribution >= 4 is 41.0 Å². The van der Waals surface area contributed by atoms with Gasteiger partial charge < -0.3 is 18.9 Å². The second-order valence-corrected chi connectivity index (χ2v) is 6.32. The van der Waals surface area contributed by atoms with Crippen molar-refractivity contribution in [2.24, 2.45) is 4.99 Å². The normalized spacial score (nSPS) is 10.6. The molecule has 0 unspecified atom stereocenters. The molecule has 2 amide bonds. The zero-order valence-corrected chi connectivity index (χ0v) is 17.4. The molecule has 0 fully saturated rings. The number of aliphatic imine (C=N–C) groups is 1. The van der Waals surface area contributed by atoms with Crippen LogP contribution in [-0.2, 0) is 41.4 Å². The summed E-state index contributed by atoms with van der Waals surface area (Å²) in [7, 11) is 0. The number of halogens is 1. The van der Waals surface area contributed by atoms with Gasteiger partial charge in [0.1, 0.15) is 0 Å². The minimum Gasteiger partial charge on any atom is -0.428 e. The van der Waals surface area contributed by atoms with Crippen LogP contribution in [-0.4, -0.2) is 43.0 Å². The highest BCUT2D eigenvalue weighted by Gasteiger charge is 2.11. The standard InChI is InChI=1S/C21H19ClN2O8/c22-19(23-20(27)31-13-29-17(25)11-15-7-3-1-4-8-15)24-21(28)32-14-30-18(26)12-16-9-5-2-6-10-16/h1-10H,11-14H2,(H,23,24,27,28). The third kappa shape index (κ3) is 10.2. The lowest BCUT2D eigenvalue weighted by Crippen LogP contribution is -2.29. The molecule has 0 atom stereocenters. The molecule has 11 heteroatoms. The van der Waals surface area contributed by atoms with E-state index < -0.39 is 43.0 Å². The third-order valence-electron chi connectivity index (χ3n) is 3.59. The number of amides is 2. The van der Waals surface area contributed by atoms with Crippen LogP contribution in [0.15, 0.2) is 65.7 Å². The second kappa shape index (κ2) is 13.4. The molecule has 0 aromatic heterocycles. The first-order valence-corrected chi connectivity index (χ1v) is 9.54. The van der Waals surface area contributed by atoms with Gasteiger partial charge in [-0.1, -0.05) is 60.7 Å². The Morgan fingerprint density at radius 1 is 0.719 bits per heavy atom. The summed E-state index contributed by atoms with van der Waals surface area (Å²) in [4.78, 5) is 49.5. The monoisotopic (exact) mass is 462 g/mol. The minimum absolute atomic E-state index is 0.00569. The van der Waals surface area contributed by atoms with Gasteiger partial charge in [-0.05, 0) is 22.7 Å². The summed E-state index contributed by atoms with van der Waals surface area (Å²) >= 11 is 5.59. The number of alkyl carbamates (subject to hydrolysis) is 1. The Hall–Kier alpha value is -3.92. The number of amidine groups is 1. The first-order chi connectivity index (χ1) is 15.4. The average molecular weight is 463 g/mol. The van der Waals surface area contributed by atoms with Gasteiger partial charge in [0.05, 0.1) is 12.8 Å². The van der Waals surface area contributed by atoms with Crippen molar-refractivity contribution in [3.63, 3.8) is 0 Å². The van der Waals surface area contributed by atoms with Crippen molar-refractivity contribution in [1.82, 2.24) is 5.32 Å². The Balaban J connectivity index is 1.60. The van der Waals surface area contributed by atoms with E-state index in [-0.39, 0.29) is 12.8 Å². The molecule has 0 saturated heterocycles. The highest BCUT2D eigenvalue weighted by atomic mass is 35.5. The van der Waals surface area contributed by atoms with Gasteiger partial charge in [-0.25, -0.2) is 9.59 Å². The average Bonchev–Trinajstić information content (AvgIpc) is 2.75. The number of carbonyl (C=O) groups is 4. The fourth-order valence-electron chi connectivity index (χ4n) is 2.18. The maximum absolute atomic E-state index is 11.6. The Labute approximate surface area is 188 Å². The van der Waals surface area contributed by atoms with E-state index in [1.165, 1.54) is 0 Å². The molecule has 32 heavy (non-hydrogen) atoms. The van der Waals surface area contributed by atoms with E-state index in [0.717, 1.165) is 11.1 Å². The van der Waals surface area contributed by atoms with Crippen LogP contribution in [0.2, 0.25) is 0 Å². The number of hydrogen-bond donors (Lipinski definition) is 1. The van der Waals surface area contributed by atoms with E-state index in [2.05, 4.69) is 14.5 Å². The number of nitrogens with zero attached hydrogens (tertiary/aromatic N) is 1. The summed E-state index contributed by atoms with van der Waals surface area (Å²) in [5.41, 5.74) is 1.47. The van der Waals surface area contributed by atoms with Crippen LogP contribution in [0.3, 0.4) is 0 Å². The summed E-state index contributed by atoms with van der Waals surface area (Å²) in [6, 6.07) is 17.7. The number of benzene rings is 2.